The Hall–Kier alpha value is -1.85. The van der Waals surface area contributed by atoms with E-state index in [-0.39, 0.29) is 17.7 Å². The zero-order valence-electron chi connectivity index (χ0n) is 18.8. The van der Waals surface area contributed by atoms with Crippen LogP contribution >= 0.6 is 11.8 Å². The van der Waals surface area contributed by atoms with Crippen molar-refractivity contribution in [2.24, 2.45) is 11.5 Å². The van der Waals surface area contributed by atoms with Gasteiger partial charge in [0.25, 0.3) is 0 Å². The highest BCUT2D eigenvalue weighted by Crippen LogP contribution is 2.22. The molecule has 0 aromatic rings. The van der Waals surface area contributed by atoms with Crippen LogP contribution in [-0.2, 0) is 19.2 Å². The maximum atomic E-state index is 13.1. The van der Waals surface area contributed by atoms with Crippen LogP contribution in [-0.4, -0.2) is 94.4 Å². The Balaban J connectivity index is 2.05. The number of thioether (sulfide) groups is 1. The number of carboxylic acid groups (broad SMARTS) is 1. The van der Waals surface area contributed by atoms with Crippen LogP contribution in [0.15, 0.2) is 0 Å². The molecule has 0 aliphatic carbocycles. The summed E-state index contributed by atoms with van der Waals surface area (Å²) in [6.45, 7) is 1.37. The number of carbonyl (C=O) groups excluding carboxylic acids is 3. The molecule has 0 aromatic carbocycles. The first-order valence-electron chi connectivity index (χ1n) is 11.4. The van der Waals surface area contributed by atoms with E-state index < -0.39 is 30.1 Å². The summed E-state index contributed by atoms with van der Waals surface area (Å²) >= 11 is 1.55. The number of hydrogen-bond donors (Lipinski definition) is 4. The van der Waals surface area contributed by atoms with Crippen molar-refractivity contribution >= 4 is 35.5 Å². The molecule has 0 bridgehead atoms. The summed E-state index contributed by atoms with van der Waals surface area (Å²) in [5.74, 6) is -1.39. The van der Waals surface area contributed by atoms with Crippen molar-refractivity contribution in [3.05, 3.63) is 0 Å². The molecule has 182 valence electrons. The summed E-state index contributed by atoms with van der Waals surface area (Å²) in [6, 6.07) is -3.01. The van der Waals surface area contributed by atoms with Crippen LogP contribution < -0.4 is 16.8 Å². The molecule has 11 heteroatoms. The minimum Gasteiger partial charge on any atom is -0.480 e. The maximum absolute atomic E-state index is 13.1. The van der Waals surface area contributed by atoms with Crippen LogP contribution in [0.3, 0.4) is 0 Å². The van der Waals surface area contributed by atoms with E-state index in [1.807, 2.05) is 6.26 Å². The Morgan fingerprint density at radius 1 is 1.03 bits per heavy atom. The SMILES string of the molecule is CSCCC(NC(=O)C1CCCN1C(=O)C(N)CCCCN)C(=O)N1CCCC1C(=O)O. The van der Waals surface area contributed by atoms with Gasteiger partial charge in [0, 0.05) is 13.1 Å². The quantitative estimate of drug-likeness (QED) is 0.284. The fourth-order valence-electron chi connectivity index (χ4n) is 4.40. The summed E-state index contributed by atoms with van der Waals surface area (Å²) in [7, 11) is 0. The predicted octanol–water partition coefficient (Wildman–Crippen LogP) is -0.253. The van der Waals surface area contributed by atoms with Gasteiger partial charge in [-0.25, -0.2) is 4.79 Å². The van der Waals surface area contributed by atoms with Gasteiger partial charge in [-0.15, -0.1) is 0 Å². The van der Waals surface area contributed by atoms with E-state index >= 15 is 0 Å². The average molecular weight is 472 g/mol. The molecule has 0 radical (unpaired) electrons. The molecule has 3 amide bonds. The van der Waals surface area contributed by atoms with Gasteiger partial charge in [0.15, 0.2) is 0 Å². The van der Waals surface area contributed by atoms with Crippen molar-refractivity contribution < 1.29 is 24.3 Å². The van der Waals surface area contributed by atoms with Gasteiger partial charge in [0.05, 0.1) is 6.04 Å². The van der Waals surface area contributed by atoms with Crippen molar-refractivity contribution in [1.82, 2.24) is 15.1 Å². The molecule has 2 fully saturated rings. The lowest BCUT2D eigenvalue weighted by molar-refractivity contribution is -0.149. The third kappa shape index (κ3) is 6.82. The van der Waals surface area contributed by atoms with Crippen LogP contribution in [0.5, 0.6) is 0 Å². The van der Waals surface area contributed by atoms with Gasteiger partial charge in [-0.1, -0.05) is 6.42 Å². The number of likely N-dealkylation sites (tertiary alicyclic amines) is 2. The van der Waals surface area contributed by atoms with E-state index in [9.17, 15) is 24.3 Å². The third-order valence-corrected chi connectivity index (χ3v) is 6.82. The molecule has 0 spiro atoms. The summed E-state index contributed by atoms with van der Waals surface area (Å²) in [5, 5.41) is 12.2. The Bertz CT molecular complexity index is 679. The number of nitrogens with one attached hydrogen (secondary N) is 1. The number of carbonyl (C=O) groups is 4. The maximum Gasteiger partial charge on any atom is 0.326 e. The van der Waals surface area contributed by atoms with Crippen LogP contribution in [0.1, 0.15) is 51.4 Å². The standard InChI is InChI=1S/C21H37N5O5S/c1-32-13-9-15(20(29)26-12-5-8-17(26)21(30)31)24-18(27)16-7-4-11-25(16)19(28)14(23)6-2-3-10-22/h14-17H,2-13,22-23H2,1H3,(H,24,27)(H,30,31). The van der Waals surface area contributed by atoms with Gasteiger partial charge < -0.3 is 31.7 Å². The molecule has 0 aromatic heterocycles. The Kier molecular flexibility index (Phi) is 10.7. The number of amides is 3. The van der Waals surface area contributed by atoms with Crippen molar-refractivity contribution in [3.8, 4) is 0 Å². The second-order valence-corrected chi connectivity index (χ2v) is 9.44. The van der Waals surface area contributed by atoms with Gasteiger partial charge >= 0.3 is 5.97 Å². The highest BCUT2D eigenvalue weighted by atomic mass is 32.2. The normalized spacial score (nSPS) is 22.6. The van der Waals surface area contributed by atoms with Gasteiger partial charge in [-0.2, -0.15) is 11.8 Å². The van der Waals surface area contributed by atoms with Crippen molar-refractivity contribution in [2.75, 3.05) is 31.6 Å². The Labute approximate surface area is 193 Å². The fourth-order valence-corrected chi connectivity index (χ4v) is 4.87. The highest BCUT2D eigenvalue weighted by molar-refractivity contribution is 7.98. The molecular formula is C21H37N5O5S. The van der Waals surface area contributed by atoms with Crippen LogP contribution in [0.2, 0.25) is 0 Å². The molecule has 2 heterocycles. The van der Waals surface area contributed by atoms with Crippen molar-refractivity contribution in [1.29, 1.82) is 0 Å². The van der Waals surface area contributed by atoms with Crippen LogP contribution in [0.4, 0.5) is 0 Å². The lowest BCUT2D eigenvalue weighted by Crippen LogP contribution is -2.56. The smallest absolute Gasteiger partial charge is 0.326 e. The molecular weight excluding hydrogens is 434 g/mol. The summed E-state index contributed by atoms with van der Waals surface area (Å²) in [5.41, 5.74) is 11.6. The lowest BCUT2D eigenvalue weighted by Gasteiger charge is -2.30. The molecule has 2 rings (SSSR count). The van der Waals surface area contributed by atoms with Gasteiger partial charge in [0.1, 0.15) is 18.1 Å². The zero-order chi connectivity index (χ0) is 23.7. The molecule has 4 unspecified atom stereocenters. The number of nitrogens with zero attached hydrogens (tertiary/aromatic N) is 2. The van der Waals surface area contributed by atoms with E-state index in [0.717, 1.165) is 12.8 Å². The second kappa shape index (κ2) is 13.0. The highest BCUT2D eigenvalue weighted by Gasteiger charge is 2.40. The number of rotatable bonds is 12. The molecule has 32 heavy (non-hydrogen) atoms. The lowest BCUT2D eigenvalue weighted by atomic mass is 10.1. The first-order chi connectivity index (χ1) is 15.3. The van der Waals surface area contributed by atoms with E-state index in [4.69, 9.17) is 11.5 Å². The fraction of sp³-hybridized carbons (Fsp3) is 0.810. The largest absolute Gasteiger partial charge is 0.480 e. The third-order valence-electron chi connectivity index (χ3n) is 6.17. The number of nitrogens with two attached hydrogens (primary N) is 2. The molecule has 2 aliphatic heterocycles. The van der Waals surface area contributed by atoms with Crippen LogP contribution in [0, 0.1) is 0 Å². The minimum atomic E-state index is -1.03. The van der Waals surface area contributed by atoms with E-state index in [1.54, 1.807) is 11.8 Å². The topological polar surface area (TPSA) is 159 Å². The van der Waals surface area contributed by atoms with E-state index in [2.05, 4.69) is 5.32 Å². The zero-order valence-corrected chi connectivity index (χ0v) is 19.6. The molecule has 0 saturated carbocycles. The molecule has 2 saturated heterocycles. The van der Waals surface area contributed by atoms with Crippen molar-refractivity contribution in [3.63, 3.8) is 0 Å². The minimum absolute atomic E-state index is 0.253. The first kappa shape index (κ1) is 26.4. The number of aliphatic carboxylic acids is 1. The second-order valence-electron chi connectivity index (χ2n) is 8.45. The summed E-state index contributed by atoms with van der Waals surface area (Å²) < 4.78 is 0. The molecule has 6 N–H and O–H groups in total. The number of carboxylic acids is 1. The van der Waals surface area contributed by atoms with Gasteiger partial charge in [-0.3, -0.25) is 14.4 Å². The summed E-state index contributed by atoms with van der Waals surface area (Å²) in [4.78, 5) is 53.4. The molecule has 2 aliphatic rings. The average Bonchev–Trinajstić information content (AvgIpc) is 3.45. The van der Waals surface area contributed by atoms with E-state index in [0.29, 0.717) is 63.9 Å². The Morgan fingerprint density at radius 2 is 1.66 bits per heavy atom. The predicted molar refractivity (Wildman–Crippen MR) is 123 cm³/mol. The first-order valence-corrected chi connectivity index (χ1v) is 12.8. The Morgan fingerprint density at radius 3 is 2.25 bits per heavy atom. The molecule has 10 nitrogen and oxygen atoms in total. The van der Waals surface area contributed by atoms with Crippen LogP contribution in [0.25, 0.3) is 0 Å². The summed E-state index contributed by atoms with van der Waals surface area (Å²) in [6.07, 6.45) is 6.60. The van der Waals surface area contributed by atoms with Gasteiger partial charge in [-0.05, 0) is 63.5 Å². The molecule has 4 atom stereocenters. The van der Waals surface area contributed by atoms with Crippen molar-refractivity contribution in [2.45, 2.75) is 75.5 Å². The van der Waals surface area contributed by atoms with E-state index in [1.165, 1.54) is 9.80 Å². The monoisotopic (exact) mass is 471 g/mol. The number of hydrogen-bond acceptors (Lipinski definition) is 7. The van der Waals surface area contributed by atoms with Gasteiger partial charge in [0.2, 0.25) is 17.7 Å². The number of unbranched alkanes of at least 4 members (excludes halogenated alkanes) is 1.